The van der Waals surface area contributed by atoms with Gasteiger partial charge in [0.1, 0.15) is 5.75 Å². The molecule has 0 aliphatic rings. The van der Waals surface area contributed by atoms with Gasteiger partial charge in [-0.15, -0.1) is 0 Å². The quantitative estimate of drug-likeness (QED) is 0.734. The maximum atomic E-state index is 12.1. The van der Waals surface area contributed by atoms with Crippen molar-refractivity contribution < 1.29 is 9.53 Å². The maximum absolute atomic E-state index is 12.1. The second-order valence-electron chi connectivity index (χ2n) is 4.89. The molecule has 0 aliphatic heterocycles. The van der Waals surface area contributed by atoms with E-state index in [1.165, 1.54) is 5.56 Å². The zero-order valence-electron chi connectivity index (χ0n) is 12.1. The van der Waals surface area contributed by atoms with Crippen LogP contribution in [0.5, 0.6) is 5.75 Å². The number of rotatable bonds is 6. The number of hydrogen-bond acceptors (Lipinski definition) is 2. The number of aryl methyl sites for hydroxylation is 2. The summed E-state index contributed by atoms with van der Waals surface area (Å²) in [7, 11) is 0. The lowest BCUT2D eigenvalue weighted by atomic mass is 10.0. The van der Waals surface area contributed by atoms with Gasteiger partial charge in [0.05, 0.1) is 6.61 Å². The van der Waals surface area contributed by atoms with Crippen molar-refractivity contribution in [3.63, 3.8) is 0 Å². The molecule has 0 unspecified atom stereocenters. The van der Waals surface area contributed by atoms with Gasteiger partial charge in [0.15, 0.2) is 5.78 Å². The molecule has 0 fully saturated rings. The van der Waals surface area contributed by atoms with Crippen LogP contribution < -0.4 is 4.74 Å². The summed E-state index contributed by atoms with van der Waals surface area (Å²) in [6, 6.07) is 15.7. The number of ether oxygens (including phenoxy) is 1. The van der Waals surface area contributed by atoms with Crippen LogP contribution >= 0.6 is 0 Å². The van der Waals surface area contributed by atoms with E-state index < -0.39 is 0 Å². The van der Waals surface area contributed by atoms with Gasteiger partial charge in [0, 0.05) is 12.0 Å². The van der Waals surface area contributed by atoms with Crippen LogP contribution in [0.25, 0.3) is 0 Å². The number of carbonyl (C=O) groups is 1. The van der Waals surface area contributed by atoms with Gasteiger partial charge in [-0.2, -0.15) is 0 Å². The lowest BCUT2D eigenvalue weighted by Gasteiger charge is -2.07. The van der Waals surface area contributed by atoms with Crippen LogP contribution in [0.2, 0.25) is 0 Å². The van der Waals surface area contributed by atoms with Gasteiger partial charge in [0.2, 0.25) is 0 Å². The van der Waals surface area contributed by atoms with Crippen LogP contribution in [0, 0.1) is 6.92 Å². The Bertz CT molecular complexity index is 587. The Kier molecular flexibility index (Phi) is 4.94. The van der Waals surface area contributed by atoms with Crippen LogP contribution in [0.4, 0.5) is 0 Å². The van der Waals surface area contributed by atoms with Crippen molar-refractivity contribution >= 4 is 5.78 Å². The SMILES string of the molecule is CCc1cccc(C(=O)CCOc2cccc(C)c2)c1. The second kappa shape index (κ2) is 6.90. The van der Waals surface area contributed by atoms with Crippen molar-refractivity contribution in [1.82, 2.24) is 0 Å². The molecule has 2 nitrogen and oxygen atoms in total. The van der Waals surface area contributed by atoms with Gasteiger partial charge in [-0.05, 0) is 42.7 Å². The molecular formula is C18H20O2. The molecule has 0 bridgehead atoms. The first-order valence-corrected chi connectivity index (χ1v) is 7.00. The average Bonchev–Trinajstić information content (AvgIpc) is 2.47. The summed E-state index contributed by atoms with van der Waals surface area (Å²) in [5, 5.41) is 0. The van der Waals surface area contributed by atoms with E-state index in [-0.39, 0.29) is 5.78 Å². The molecule has 0 aliphatic carbocycles. The topological polar surface area (TPSA) is 26.3 Å². The molecule has 0 atom stereocenters. The monoisotopic (exact) mass is 268 g/mol. The van der Waals surface area contributed by atoms with E-state index in [1.807, 2.05) is 55.5 Å². The fourth-order valence-electron chi connectivity index (χ4n) is 2.08. The molecule has 0 spiro atoms. The van der Waals surface area contributed by atoms with Crippen LogP contribution in [-0.2, 0) is 6.42 Å². The van der Waals surface area contributed by atoms with Crippen LogP contribution in [0.1, 0.15) is 34.8 Å². The maximum Gasteiger partial charge on any atom is 0.166 e. The molecule has 0 aromatic heterocycles. The number of benzene rings is 2. The third kappa shape index (κ3) is 3.95. The molecule has 20 heavy (non-hydrogen) atoms. The summed E-state index contributed by atoms with van der Waals surface area (Å²) in [6.45, 7) is 4.53. The minimum Gasteiger partial charge on any atom is -0.493 e. The highest BCUT2D eigenvalue weighted by atomic mass is 16.5. The van der Waals surface area contributed by atoms with Gasteiger partial charge in [-0.3, -0.25) is 4.79 Å². The molecule has 0 saturated heterocycles. The molecule has 2 aromatic rings. The van der Waals surface area contributed by atoms with E-state index in [0.717, 1.165) is 23.3 Å². The van der Waals surface area contributed by atoms with E-state index in [2.05, 4.69) is 6.92 Å². The van der Waals surface area contributed by atoms with E-state index in [1.54, 1.807) is 0 Å². The normalized spacial score (nSPS) is 10.3. The van der Waals surface area contributed by atoms with E-state index in [0.29, 0.717) is 13.0 Å². The third-order valence-corrected chi connectivity index (χ3v) is 3.24. The molecular weight excluding hydrogens is 248 g/mol. The Morgan fingerprint density at radius 3 is 2.65 bits per heavy atom. The van der Waals surface area contributed by atoms with Crippen molar-refractivity contribution in [2.75, 3.05) is 6.61 Å². The largest absolute Gasteiger partial charge is 0.493 e. The number of hydrogen-bond donors (Lipinski definition) is 0. The number of Topliss-reactive ketones (excluding diaryl/α,β-unsaturated/α-hetero) is 1. The van der Waals surface area contributed by atoms with Crippen LogP contribution in [-0.4, -0.2) is 12.4 Å². The minimum absolute atomic E-state index is 0.132. The Morgan fingerprint density at radius 1 is 1.10 bits per heavy atom. The summed E-state index contributed by atoms with van der Waals surface area (Å²) in [5.74, 6) is 0.952. The molecule has 0 N–H and O–H groups in total. The van der Waals surface area contributed by atoms with E-state index >= 15 is 0 Å². The first-order valence-electron chi connectivity index (χ1n) is 7.00. The third-order valence-electron chi connectivity index (χ3n) is 3.24. The molecule has 2 aromatic carbocycles. The van der Waals surface area contributed by atoms with Crippen LogP contribution in [0.15, 0.2) is 48.5 Å². The van der Waals surface area contributed by atoms with E-state index in [4.69, 9.17) is 4.74 Å². The van der Waals surface area contributed by atoms with Gasteiger partial charge in [0.25, 0.3) is 0 Å². The number of carbonyl (C=O) groups excluding carboxylic acids is 1. The lowest BCUT2D eigenvalue weighted by Crippen LogP contribution is -2.07. The fraction of sp³-hybridized carbons (Fsp3) is 0.278. The Morgan fingerprint density at radius 2 is 1.90 bits per heavy atom. The summed E-state index contributed by atoms with van der Waals surface area (Å²) in [5.41, 5.74) is 3.12. The average molecular weight is 268 g/mol. The van der Waals surface area contributed by atoms with Gasteiger partial charge < -0.3 is 4.74 Å². The van der Waals surface area contributed by atoms with Crippen molar-refractivity contribution in [3.8, 4) is 5.75 Å². The first-order chi connectivity index (χ1) is 9.69. The van der Waals surface area contributed by atoms with Crippen molar-refractivity contribution in [1.29, 1.82) is 0 Å². The zero-order chi connectivity index (χ0) is 14.4. The van der Waals surface area contributed by atoms with Gasteiger partial charge >= 0.3 is 0 Å². The highest BCUT2D eigenvalue weighted by Crippen LogP contribution is 2.13. The summed E-state index contributed by atoms with van der Waals surface area (Å²) >= 11 is 0. The Balaban J connectivity index is 1.89. The minimum atomic E-state index is 0.132. The zero-order valence-corrected chi connectivity index (χ0v) is 12.1. The Labute approximate surface area is 120 Å². The van der Waals surface area contributed by atoms with Gasteiger partial charge in [-0.25, -0.2) is 0 Å². The Hall–Kier alpha value is -2.09. The molecule has 0 amide bonds. The number of ketones is 1. The van der Waals surface area contributed by atoms with Gasteiger partial charge in [-0.1, -0.05) is 37.3 Å². The summed E-state index contributed by atoms with van der Waals surface area (Å²) in [4.78, 5) is 12.1. The molecule has 2 heteroatoms. The fourth-order valence-corrected chi connectivity index (χ4v) is 2.08. The summed E-state index contributed by atoms with van der Waals surface area (Å²) in [6.07, 6.45) is 1.35. The van der Waals surface area contributed by atoms with Crippen molar-refractivity contribution in [3.05, 3.63) is 65.2 Å². The highest BCUT2D eigenvalue weighted by Gasteiger charge is 2.06. The predicted molar refractivity (Wildman–Crippen MR) is 81.4 cm³/mol. The lowest BCUT2D eigenvalue weighted by molar-refractivity contribution is 0.0962. The predicted octanol–water partition coefficient (Wildman–Crippen LogP) is 4.21. The second-order valence-corrected chi connectivity index (χ2v) is 4.89. The standard InChI is InChI=1S/C18H20O2/c1-3-15-7-5-8-16(13-15)18(19)10-11-20-17-9-4-6-14(2)12-17/h4-9,12-13H,3,10-11H2,1-2H3. The van der Waals surface area contributed by atoms with Crippen molar-refractivity contribution in [2.45, 2.75) is 26.7 Å². The highest BCUT2D eigenvalue weighted by molar-refractivity contribution is 5.96. The molecule has 0 heterocycles. The smallest absolute Gasteiger partial charge is 0.166 e. The molecule has 104 valence electrons. The van der Waals surface area contributed by atoms with Crippen LogP contribution in [0.3, 0.4) is 0 Å². The molecule has 0 radical (unpaired) electrons. The molecule has 0 saturated carbocycles. The molecule has 2 rings (SSSR count). The first kappa shape index (κ1) is 14.3. The van der Waals surface area contributed by atoms with E-state index in [9.17, 15) is 4.79 Å². The van der Waals surface area contributed by atoms with Crippen molar-refractivity contribution in [2.24, 2.45) is 0 Å². The summed E-state index contributed by atoms with van der Waals surface area (Å²) < 4.78 is 5.61.